The fourth-order valence-corrected chi connectivity index (χ4v) is 2.72. The average molecular weight is 377 g/mol. The van der Waals surface area contributed by atoms with Gasteiger partial charge in [0.15, 0.2) is 11.6 Å². The van der Waals surface area contributed by atoms with Gasteiger partial charge in [0.2, 0.25) is 0 Å². The number of nitrogens with zero attached hydrogens (tertiary/aromatic N) is 3. The Kier molecular flexibility index (Phi) is 3.64. The smallest absolute Gasteiger partial charge is 0.198 e. The summed E-state index contributed by atoms with van der Waals surface area (Å²) >= 11 is 2.26. The van der Waals surface area contributed by atoms with Gasteiger partial charge in [0.1, 0.15) is 5.82 Å². The minimum Gasteiger partial charge on any atom is -0.372 e. The Morgan fingerprint density at radius 2 is 1.95 bits per heavy atom. The molecule has 0 unspecified atom stereocenters. The van der Waals surface area contributed by atoms with Crippen LogP contribution in [0.15, 0.2) is 42.7 Å². The largest absolute Gasteiger partial charge is 0.372 e. The lowest BCUT2D eigenvalue weighted by molar-refractivity contribution is 1.11. The molecule has 0 saturated carbocycles. The number of halogens is 1. The number of aromatic nitrogens is 4. The number of benzene rings is 1. The van der Waals surface area contributed by atoms with E-state index in [1.807, 2.05) is 37.4 Å². The van der Waals surface area contributed by atoms with Gasteiger partial charge in [-0.1, -0.05) is 30.3 Å². The molecular formula is C14H12IN5. The summed E-state index contributed by atoms with van der Waals surface area (Å²) in [6.07, 6.45) is 3.45. The van der Waals surface area contributed by atoms with Crippen molar-refractivity contribution < 1.29 is 0 Å². The van der Waals surface area contributed by atoms with Crippen molar-refractivity contribution in [3.8, 4) is 22.9 Å². The van der Waals surface area contributed by atoms with Crippen LogP contribution in [0.1, 0.15) is 0 Å². The van der Waals surface area contributed by atoms with E-state index in [-0.39, 0.29) is 0 Å². The molecule has 0 aliphatic rings. The molecular weight excluding hydrogens is 365 g/mol. The molecule has 2 N–H and O–H groups in total. The van der Waals surface area contributed by atoms with Crippen LogP contribution in [0, 0.1) is 3.57 Å². The van der Waals surface area contributed by atoms with Crippen molar-refractivity contribution in [3.63, 3.8) is 0 Å². The SMILES string of the molecule is CNc1nc(-c2ncc[nH]2)nc(-c2ccccc2)c1I. The second kappa shape index (κ2) is 5.58. The molecule has 2 heterocycles. The number of nitrogens with one attached hydrogen (secondary N) is 2. The van der Waals surface area contributed by atoms with Crippen LogP contribution in [0.3, 0.4) is 0 Å². The van der Waals surface area contributed by atoms with Crippen LogP contribution in [0.5, 0.6) is 0 Å². The molecule has 0 radical (unpaired) electrons. The van der Waals surface area contributed by atoms with Crippen molar-refractivity contribution in [1.29, 1.82) is 0 Å². The first kappa shape index (κ1) is 13.0. The van der Waals surface area contributed by atoms with Gasteiger partial charge in [-0.25, -0.2) is 15.0 Å². The molecule has 0 atom stereocenters. The predicted molar refractivity (Wildman–Crippen MR) is 87.3 cm³/mol. The maximum Gasteiger partial charge on any atom is 0.198 e. The van der Waals surface area contributed by atoms with E-state index >= 15 is 0 Å². The zero-order valence-electron chi connectivity index (χ0n) is 10.8. The van der Waals surface area contributed by atoms with Crippen LogP contribution in [-0.2, 0) is 0 Å². The van der Waals surface area contributed by atoms with Crippen LogP contribution in [0.2, 0.25) is 0 Å². The summed E-state index contributed by atoms with van der Waals surface area (Å²) in [5, 5.41) is 3.11. The van der Waals surface area contributed by atoms with Crippen molar-refractivity contribution in [2.45, 2.75) is 0 Å². The zero-order valence-corrected chi connectivity index (χ0v) is 12.9. The number of hydrogen-bond acceptors (Lipinski definition) is 4. The zero-order chi connectivity index (χ0) is 13.9. The minimum atomic E-state index is 0.582. The lowest BCUT2D eigenvalue weighted by Gasteiger charge is -2.10. The molecule has 100 valence electrons. The highest BCUT2D eigenvalue weighted by Crippen LogP contribution is 2.29. The van der Waals surface area contributed by atoms with Crippen molar-refractivity contribution >= 4 is 28.4 Å². The standard InChI is InChI=1S/C14H12IN5/c1-16-12-10(15)11(9-5-3-2-4-6-9)19-14(20-12)13-17-7-8-18-13/h2-8H,1H3,(H,17,18)(H,16,19,20). The minimum absolute atomic E-state index is 0.582. The lowest BCUT2D eigenvalue weighted by atomic mass is 10.1. The van der Waals surface area contributed by atoms with Crippen molar-refractivity contribution in [3.05, 3.63) is 46.3 Å². The highest BCUT2D eigenvalue weighted by Gasteiger charge is 2.15. The fourth-order valence-electron chi connectivity index (χ4n) is 1.89. The van der Waals surface area contributed by atoms with Crippen LogP contribution < -0.4 is 5.32 Å². The van der Waals surface area contributed by atoms with Crippen LogP contribution in [0.25, 0.3) is 22.9 Å². The molecule has 0 amide bonds. The van der Waals surface area contributed by atoms with Gasteiger partial charge in [-0.2, -0.15) is 0 Å². The maximum atomic E-state index is 4.64. The number of H-pyrrole nitrogens is 1. The second-order valence-corrected chi connectivity index (χ2v) is 5.19. The molecule has 1 aromatic carbocycles. The van der Waals surface area contributed by atoms with Crippen LogP contribution in [0.4, 0.5) is 5.82 Å². The van der Waals surface area contributed by atoms with Crippen molar-refractivity contribution in [2.75, 3.05) is 12.4 Å². The van der Waals surface area contributed by atoms with E-state index in [4.69, 9.17) is 0 Å². The molecule has 5 nitrogen and oxygen atoms in total. The van der Waals surface area contributed by atoms with Gasteiger partial charge in [-0.3, -0.25) is 0 Å². The van der Waals surface area contributed by atoms with E-state index in [1.54, 1.807) is 12.4 Å². The van der Waals surface area contributed by atoms with Crippen molar-refractivity contribution in [2.24, 2.45) is 0 Å². The third-order valence-electron chi connectivity index (χ3n) is 2.85. The monoisotopic (exact) mass is 377 g/mol. The van der Waals surface area contributed by atoms with E-state index in [1.165, 1.54) is 0 Å². The van der Waals surface area contributed by atoms with Gasteiger partial charge < -0.3 is 10.3 Å². The third-order valence-corrected chi connectivity index (χ3v) is 3.87. The lowest BCUT2D eigenvalue weighted by Crippen LogP contribution is -2.03. The Bertz CT molecular complexity index is 710. The third kappa shape index (κ3) is 2.38. The van der Waals surface area contributed by atoms with Gasteiger partial charge >= 0.3 is 0 Å². The molecule has 0 aliphatic heterocycles. The number of rotatable bonds is 3. The van der Waals surface area contributed by atoms with E-state index in [9.17, 15) is 0 Å². The van der Waals surface area contributed by atoms with E-state index < -0.39 is 0 Å². The van der Waals surface area contributed by atoms with Gasteiger partial charge in [0, 0.05) is 25.0 Å². The summed E-state index contributed by atoms with van der Waals surface area (Å²) in [4.78, 5) is 16.4. The molecule has 20 heavy (non-hydrogen) atoms. The summed E-state index contributed by atoms with van der Waals surface area (Å²) in [6, 6.07) is 10.1. The number of aromatic amines is 1. The van der Waals surface area contributed by atoms with Crippen molar-refractivity contribution in [1.82, 2.24) is 19.9 Å². The predicted octanol–water partition coefficient (Wildman–Crippen LogP) is 3.18. The first-order chi connectivity index (χ1) is 9.79. The molecule has 0 aliphatic carbocycles. The summed E-state index contributed by atoms with van der Waals surface area (Å²) in [6.45, 7) is 0. The summed E-state index contributed by atoms with van der Waals surface area (Å²) in [7, 11) is 1.85. The topological polar surface area (TPSA) is 66.5 Å². The first-order valence-corrected chi connectivity index (χ1v) is 7.18. The normalized spacial score (nSPS) is 10.5. The molecule has 0 spiro atoms. The van der Waals surface area contributed by atoms with Gasteiger partial charge in [0.05, 0.1) is 9.26 Å². The highest BCUT2D eigenvalue weighted by molar-refractivity contribution is 14.1. The fraction of sp³-hybridized carbons (Fsp3) is 0.0714. The Morgan fingerprint density at radius 1 is 1.15 bits per heavy atom. The van der Waals surface area contributed by atoms with E-state index in [0.717, 1.165) is 20.6 Å². The number of imidazole rings is 1. The first-order valence-electron chi connectivity index (χ1n) is 6.10. The maximum absolute atomic E-state index is 4.64. The molecule has 2 aromatic heterocycles. The quantitative estimate of drug-likeness (QED) is 0.689. The van der Waals surface area contributed by atoms with Gasteiger partial charge in [0.25, 0.3) is 0 Å². The Morgan fingerprint density at radius 3 is 2.60 bits per heavy atom. The molecule has 3 rings (SSSR count). The summed E-state index contributed by atoms with van der Waals surface area (Å²) < 4.78 is 0.992. The Balaban J connectivity index is 2.21. The highest BCUT2D eigenvalue weighted by atomic mass is 127. The number of anilines is 1. The van der Waals surface area contributed by atoms with Gasteiger partial charge in [-0.15, -0.1) is 0 Å². The van der Waals surface area contributed by atoms with Crippen LogP contribution in [-0.4, -0.2) is 27.0 Å². The molecule has 6 heteroatoms. The molecule has 0 fully saturated rings. The molecule has 0 saturated heterocycles. The average Bonchev–Trinajstić information content (AvgIpc) is 3.03. The Hall–Kier alpha value is -1.96. The second-order valence-electron chi connectivity index (χ2n) is 4.11. The van der Waals surface area contributed by atoms with Crippen LogP contribution >= 0.6 is 22.6 Å². The van der Waals surface area contributed by atoms with E-state index in [0.29, 0.717) is 11.6 Å². The van der Waals surface area contributed by atoms with Gasteiger partial charge in [-0.05, 0) is 22.6 Å². The Labute approximate surface area is 130 Å². The summed E-state index contributed by atoms with van der Waals surface area (Å²) in [5.74, 6) is 2.04. The number of hydrogen-bond donors (Lipinski definition) is 2. The molecule has 0 bridgehead atoms. The molecule has 3 aromatic rings. The summed E-state index contributed by atoms with van der Waals surface area (Å²) in [5.41, 5.74) is 1.96. The van der Waals surface area contributed by atoms with E-state index in [2.05, 4.69) is 47.8 Å².